The van der Waals surface area contributed by atoms with Crippen molar-refractivity contribution in [2.24, 2.45) is 0 Å². The van der Waals surface area contributed by atoms with Gasteiger partial charge in [-0.15, -0.1) is 10.2 Å². The molecular weight excluding hydrogens is 379 g/mol. The quantitative estimate of drug-likeness (QED) is 0.617. The van der Waals surface area contributed by atoms with Crippen LogP contribution in [-0.2, 0) is 4.74 Å². The molecule has 0 saturated carbocycles. The Bertz CT molecular complexity index is 991. The molecule has 8 heteroatoms. The number of hydrogen-bond donors (Lipinski definition) is 3. The minimum Gasteiger partial charge on any atom is -0.421 e. The second-order valence-corrected chi connectivity index (χ2v) is 7.07. The van der Waals surface area contributed by atoms with Crippen LogP contribution in [0.2, 0.25) is 0 Å². The molecule has 1 aliphatic rings. The molecule has 2 aromatic carbocycles. The van der Waals surface area contributed by atoms with Crippen LogP contribution in [-0.4, -0.2) is 50.4 Å². The number of hydrogen-bond acceptors (Lipinski definition) is 7. The number of halogens is 1. The first-order valence-electron chi connectivity index (χ1n) is 9.29. The Balaban J connectivity index is 1.66. The summed E-state index contributed by atoms with van der Waals surface area (Å²) in [5.74, 6) is 0.284. The van der Waals surface area contributed by atoms with Crippen LogP contribution in [0.5, 0.6) is 0 Å². The van der Waals surface area contributed by atoms with Crippen molar-refractivity contribution in [3.05, 3.63) is 59.7 Å². The van der Waals surface area contributed by atoms with Crippen molar-refractivity contribution in [2.45, 2.75) is 37.8 Å². The summed E-state index contributed by atoms with van der Waals surface area (Å²) in [5.41, 5.74) is 1.79. The van der Waals surface area contributed by atoms with Gasteiger partial charge >= 0.3 is 0 Å². The molecule has 3 N–H and O–H groups in total. The Morgan fingerprint density at radius 3 is 2.45 bits per heavy atom. The maximum atomic E-state index is 15.3. The molecule has 0 spiro atoms. The van der Waals surface area contributed by atoms with E-state index in [1.54, 1.807) is 43.3 Å². The highest BCUT2D eigenvalue weighted by Crippen LogP contribution is 2.36. The molecule has 0 unspecified atom stereocenters. The Kier molecular flexibility index (Phi) is 5.42. The molecule has 4 atom stereocenters. The minimum atomic E-state index is -1.29. The normalized spacial score (nSPS) is 24.6. The first-order valence-corrected chi connectivity index (χ1v) is 9.29. The molecular formula is C21H21FN2O5. The summed E-state index contributed by atoms with van der Waals surface area (Å²) in [6.45, 7) is 1.38. The van der Waals surface area contributed by atoms with Crippen molar-refractivity contribution >= 4 is 0 Å². The van der Waals surface area contributed by atoms with Gasteiger partial charge in [-0.2, -0.15) is 0 Å². The summed E-state index contributed by atoms with van der Waals surface area (Å²) in [5, 5.41) is 37.5. The first kappa shape index (κ1) is 19.7. The Morgan fingerprint density at radius 2 is 1.79 bits per heavy atom. The van der Waals surface area contributed by atoms with Gasteiger partial charge in [-0.1, -0.05) is 30.3 Å². The van der Waals surface area contributed by atoms with E-state index in [9.17, 15) is 15.3 Å². The van der Waals surface area contributed by atoms with Crippen molar-refractivity contribution in [3.8, 4) is 22.6 Å². The second kappa shape index (κ2) is 8.00. The van der Waals surface area contributed by atoms with Crippen LogP contribution in [0.4, 0.5) is 4.39 Å². The topological polar surface area (TPSA) is 109 Å². The standard InChI is InChI=1S/C21H21FN2O5/c1-11-23-24-21(28-11)13-7-5-12(6-8-13)15-3-2-4-16(18(15)22)20-19(27)17(26)9-14(10-25)29-20/h2-8,14,17,19-20,25-27H,9-10H2,1H3/t14-,17-,19-,20+/m0/s1. The van der Waals surface area contributed by atoms with E-state index >= 15 is 4.39 Å². The van der Waals surface area contributed by atoms with Crippen LogP contribution < -0.4 is 0 Å². The van der Waals surface area contributed by atoms with Gasteiger partial charge in [0.15, 0.2) is 0 Å². The molecule has 4 rings (SSSR count). The molecule has 1 aliphatic heterocycles. The maximum Gasteiger partial charge on any atom is 0.247 e. The number of aryl methyl sites for hydroxylation is 1. The second-order valence-electron chi connectivity index (χ2n) is 7.07. The van der Waals surface area contributed by atoms with E-state index in [0.29, 0.717) is 28.5 Å². The van der Waals surface area contributed by atoms with E-state index < -0.39 is 30.2 Å². The highest BCUT2D eigenvalue weighted by atomic mass is 19.1. The predicted molar refractivity (Wildman–Crippen MR) is 101 cm³/mol. The number of rotatable bonds is 4. The van der Waals surface area contributed by atoms with Crippen molar-refractivity contribution in [2.75, 3.05) is 6.61 Å². The summed E-state index contributed by atoms with van der Waals surface area (Å²) in [4.78, 5) is 0. The summed E-state index contributed by atoms with van der Waals surface area (Å²) >= 11 is 0. The molecule has 1 fully saturated rings. The highest BCUT2D eigenvalue weighted by molar-refractivity contribution is 5.68. The molecule has 3 aromatic rings. The number of aliphatic hydroxyl groups is 3. The average Bonchev–Trinajstić information content (AvgIpc) is 3.17. The van der Waals surface area contributed by atoms with Gasteiger partial charge in [-0.05, 0) is 17.7 Å². The molecule has 2 heterocycles. The Labute approximate surface area is 166 Å². The van der Waals surface area contributed by atoms with Crippen LogP contribution in [0.1, 0.15) is 24.0 Å². The third-order valence-electron chi connectivity index (χ3n) is 5.06. The third-order valence-corrected chi connectivity index (χ3v) is 5.06. The lowest BCUT2D eigenvalue weighted by atomic mass is 9.91. The van der Waals surface area contributed by atoms with Gasteiger partial charge in [0.25, 0.3) is 0 Å². The summed E-state index contributed by atoms with van der Waals surface area (Å²) in [6.07, 6.45) is -4.04. The summed E-state index contributed by atoms with van der Waals surface area (Å²) < 4.78 is 26.3. The molecule has 1 aromatic heterocycles. The number of aromatic nitrogens is 2. The zero-order chi connectivity index (χ0) is 20.5. The summed E-state index contributed by atoms with van der Waals surface area (Å²) in [7, 11) is 0. The number of benzene rings is 2. The van der Waals surface area contributed by atoms with E-state index in [1.807, 2.05) is 0 Å². The van der Waals surface area contributed by atoms with Gasteiger partial charge in [0.1, 0.15) is 18.0 Å². The van der Waals surface area contributed by atoms with Gasteiger partial charge in [-0.25, -0.2) is 4.39 Å². The zero-order valence-electron chi connectivity index (χ0n) is 15.7. The molecule has 7 nitrogen and oxygen atoms in total. The van der Waals surface area contributed by atoms with Crippen LogP contribution in [0.15, 0.2) is 46.9 Å². The largest absolute Gasteiger partial charge is 0.421 e. The molecule has 0 bridgehead atoms. The fourth-order valence-corrected chi connectivity index (χ4v) is 3.53. The van der Waals surface area contributed by atoms with Crippen molar-refractivity contribution in [1.29, 1.82) is 0 Å². The third kappa shape index (κ3) is 3.79. The van der Waals surface area contributed by atoms with Crippen LogP contribution in [0.25, 0.3) is 22.6 Å². The van der Waals surface area contributed by atoms with E-state index in [2.05, 4.69) is 10.2 Å². The van der Waals surface area contributed by atoms with Crippen LogP contribution in [0.3, 0.4) is 0 Å². The van der Waals surface area contributed by atoms with Crippen molar-refractivity contribution < 1.29 is 28.9 Å². The fraction of sp³-hybridized carbons (Fsp3) is 0.333. The predicted octanol–water partition coefficient (Wildman–Crippen LogP) is 2.40. The molecule has 0 radical (unpaired) electrons. The van der Waals surface area contributed by atoms with Gasteiger partial charge in [0.2, 0.25) is 11.8 Å². The van der Waals surface area contributed by atoms with Gasteiger partial charge in [-0.3, -0.25) is 0 Å². The molecule has 1 saturated heterocycles. The number of nitrogens with zero attached hydrogens (tertiary/aromatic N) is 2. The average molecular weight is 400 g/mol. The van der Waals surface area contributed by atoms with E-state index in [4.69, 9.17) is 9.15 Å². The summed E-state index contributed by atoms with van der Waals surface area (Å²) in [6, 6.07) is 11.8. The molecule has 152 valence electrons. The zero-order valence-corrected chi connectivity index (χ0v) is 15.7. The molecule has 0 aliphatic carbocycles. The Morgan fingerprint density at radius 1 is 1.07 bits per heavy atom. The number of aliphatic hydroxyl groups excluding tert-OH is 3. The van der Waals surface area contributed by atoms with Gasteiger partial charge < -0.3 is 24.5 Å². The van der Waals surface area contributed by atoms with Crippen molar-refractivity contribution in [1.82, 2.24) is 10.2 Å². The monoisotopic (exact) mass is 400 g/mol. The minimum absolute atomic E-state index is 0.0894. The Hall–Kier alpha value is -2.65. The maximum absolute atomic E-state index is 15.3. The smallest absolute Gasteiger partial charge is 0.247 e. The lowest BCUT2D eigenvalue weighted by molar-refractivity contribution is -0.180. The SMILES string of the molecule is Cc1nnc(-c2ccc(-c3cccc([C@H]4O[C@H](CO)C[C@H](O)[C@@H]4O)c3F)cc2)o1. The molecule has 0 amide bonds. The van der Waals surface area contributed by atoms with Gasteiger partial charge in [0, 0.05) is 30.0 Å². The first-order chi connectivity index (χ1) is 14.0. The van der Waals surface area contributed by atoms with E-state index in [0.717, 1.165) is 0 Å². The van der Waals surface area contributed by atoms with E-state index in [1.165, 1.54) is 6.07 Å². The van der Waals surface area contributed by atoms with Crippen LogP contribution >= 0.6 is 0 Å². The molecule has 29 heavy (non-hydrogen) atoms. The fourth-order valence-electron chi connectivity index (χ4n) is 3.53. The highest BCUT2D eigenvalue weighted by Gasteiger charge is 2.38. The number of ether oxygens (including phenoxy) is 1. The van der Waals surface area contributed by atoms with E-state index in [-0.39, 0.29) is 18.6 Å². The van der Waals surface area contributed by atoms with Crippen molar-refractivity contribution in [3.63, 3.8) is 0 Å². The van der Waals surface area contributed by atoms with Crippen LogP contribution in [0, 0.1) is 12.7 Å². The van der Waals surface area contributed by atoms with Gasteiger partial charge in [0.05, 0.1) is 18.8 Å². The lowest BCUT2D eigenvalue weighted by Gasteiger charge is -2.37. The lowest BCUT2D eigenvalue weighted by Crippen LogP contribution is -2.44.